The van der Waals surface area contributed by atoms with Gasteiger partial charge in [0.15, 0.2) is 0 Å². The van der Waals surface area contributed by atoms with Crippen molar-refractivity contribution >= 4 is 45.3 Å². The molecule has 8 rings (SSSR count). The van der Waals surface area contributed by atoms with E-state index in [0.29, 0.717) is 66.8 Å². The topological polar surface area (TPSA) is 136 Å². The minimum absolute atomic E-state index is 0.0581. The van der Waals surface area contributed by atoms with Gasteiger partial charge in [-0.3, -0.25) is 38.4 Å². The molecular formula is C40H39F7N8O4. The van der Waals surface area contributed by atoms with Crippen molar-refractivity contribution in [3.8, 4) is 0 Å². The minimum atomic E-state index is -4.80. The number of imidazole rings is 1. The molecule has 0 radical (unpaired) electrons. The lowest BCUT2D eigenvalue weighted by Crippen LogP contribution is -2.49. The van der Waals surface area contributed by atoms with Crippen molar-refractivity contribution in [3.63, 3.8) is 0 Å². The molecule has 3 amide bonds. The van der Waals surface area contributed by atoms with E-state index in [4.69, 9.17) is 0 Å². The van der Waals surface area contributed by atoms with Crippen LogP contribution in [0.3, 0.4) is 0 Å². The molecule has 312 valence electrons. The Morgan fingerprint density at radius 3 is 2.44 bits per heavy atom. The maximum absolute atomic E-state index is 16.1. The van der Waals surface area contributed by atoms with Crippen LogP contribution in [-0.4, -0.2) is 72.1 Å². The van der Waals surface area contributed by atoms with Crippen molar-refractivity contribution in [2.75, 3.05) is 25.0 Å². The quantitative estimate of drug-likeness (QED) is 0.126. The Balaban J connectivity index is 0.917. The van der Waals surface area contributed by atoms with Crippen molar-refractivity contribution < 1.29 is 45.1 Å². The summed E-state index contributed by atoms with van der Waals surface area (Å²) in [6.07, 6.45) is -3.14. The lowest BCUT2D eigenvalue weighted by Gasteiger charge is -2.41. The molecule has 5 heterocycles. The second-order valence-electron chi connectivity index (χ2n) is 15.7. The summed E-state index contributed by atoms with van der Waals surface area (Å²) in [4.78, 5) is 55.7. The third-order valence-corrected chi connectivity index (χ3v) is 11.9. The van der Waals surface area contributed by atoms with Crippen molar-refractivity contribution in [3.05, 3.63) is 87.7 Å². The van der Waals surface area contributed by atoms with Gasteiger partial charge in [0.05, 0.1) is 40.7 Å². The van der Waals surface area contributed by atoms with E-state index in [1.807, 2.05) is 0 Å². The molecule has 59 heavy (non-hydrogen) atoms. The number of nitrogens with one attached hydrogen (secondary N) is 2. The van der Waals surface area contributed by atoms with Gasteiger partial charge in [-0.05, 0) is 86.9 Å². The molecule has 1 saturated carbocycles. The van der Waals surface area contributed by atoms with Crippen LogP contribution in [0.4, 0.5) is 36.4 Å². The van der Waals surface area contributed by atoms with Crippen LogP contribution in [0.1, 0.15) is 96.7 Å². The van der Waals surface area contributed by atoms with Crippen LogP contribution in [0.5, 0.6) is 0 Å². The second kappa shape index (κ2) is 15.2. The highest BCUT2D eigenvalue weighted by molar-refractivity contribution is 6.04. The number of hydrogen-bond donors (Lipinski definition) is 2. The first-order valence-corrected chi connectivity index (χ1v) is 19.3. The van der Waals surface area contributed by atoms with Gasteiger partial charge >= 0.3 is 11.9 Å². The Labute approximate surface area is 331 Å². The number of hydrogen-bond acceptors (Lipinski definition) is 7. The van der Waals surface area contributed by atoms with Gasteiger partial charge in [0.2, 0.25) is 11.8 Å². The highest BCUT2D eigenvalue weighted by Crippen LogP contribution is 2.44. The Kier molecular flexibility index (Phi) is 10.4. The number of nitrogens with zero attached hydrogens (tertiary/aromatic N) is 6. The maximum atomic E-state index is 16.1. The number of fused-ring (bicyclic) bond motifs is 2. The molecule has 2 aliphatic heterocycles. The van der Waals surface area contributed by atoms with Crippen molar-refractivity contribution in [2.24, 2.45) is 13.0 Å². The van der Waals surface area contributed by atoms with Gasteiger partial charge in [0.1, 0.15) is 17.4 Å². The standard InChI is InChI=1S/C40H39F7N8O4/c1-52-34-24(4-2-6-30(34)55(38(52)59)31-12-13-33(56)50-37(31)58)26-14-15-53(20-39(26,43)44)18-21-8-10-23(11-9-21)54-19-22-16-29(25(35(41)42)17-28(22)51-54)49-36(57)27-5-3-7-32(48-27)40(45,46)47/h2-7,16-17,19,21,23,26,31,35H,8-15,18,20H2,1H3,(H,49,57)(H,50,56,58). The summed E-state index contributed by atoms with van der Waals surface area (Å²) in [7, 11) is 1.50. The Morgan fingerprint density at radius 1 is 1.00 bits per heavy atom. The SMILES string of the molecule is Cn1c(=O)n(C2CCC(=O)NC2=O)c2cccc(C3CCN(CC4CCC(n5cc6cc(NC(=O)c7cccc(C(F)(F)F)n7)c(C(F)F)cc6n5)CC4)CC3(F)F)c21. The number of anilines is 1. The van der Waals surface area contributed by atoms with Crippen molar-refractivity contribution in [1.82, 2.24) is 34.1 Å². The summed E-state index contributed by atoms with van der Waals surface area (Å²) >= 11 is 0. The third kappa shape index (κ3) is 7.71. The predicted octanol–water partition coefficient (Wildman–Crippen LogP) is 7.13. The highest BCUT2D eigenvalue weighted by atomic mass is 19.4. The monoisotopic (exact) mass is 828 g/mol. The summed E-state index contributed by atoms with van der Waals surface area (Å²) in [6.45, 7) is 0.375. The molecule has 3 aromatic heterocycles. The van der Waals surface area contributed by atoms with Crippen molar-refractivity contribution in [1.29, 1.82) is 0 Å². The first kappa shape index (κ1) is 40.2. The molecule has 5 aromatic rings. The van der Waals surface area contributed by atoms with Crippen LogP contribution in [0.25, 0.3) is 21.9 Å². The molecule has 0 bridgehead atoms. The minimum Gasteiger partial charge on any atom is -0.320 e. The van der Waals surface area contributed by atoms with Crippen LogP contribution >= 0.6 is 0 Å². The van der Waals surface area contributed by atoms with Gasteiger partial charge in [-0.25, -0.2) is 27.3 Å². The van der Waals surface area contributed by atoms with E-state index in [1.54, 1.807) is 34.0 Å². The largest absolute Gasteiger partial charge is 0.433 e. The van der Waals surface area contributed by atoms with Crippen LogP contribution < -0.4 is 16.3 Å². The molecule has 2 atom stereocenters. The number of carbonyl (C=O) groups is 3. The second-order valence-corrected chi connectivity index (χ2v) is 15.7. The summed E-state index contributed by atoms with van der Waals surface area (Å²) in [5, 5.41) is 9.49. The number of pyridine rings is 1. The normalized spacial score (nSPS) is 22.9. The van der Waals surface area contributed by atoms with Gasteiger partial charge < -0.3 is 5.32 Å². The fourth-order valence-electron chi connectivity index (χ4n) is 8.97. The summed E-state index contributed by atoms with van der Waals surface area (Å²) in [5.41, 5.74) is -1.99. The molecule has 2 unspecified atom stereocenters. The zero-order valence-corrected chi connectivity index (χ0v) is 31.6. The van der Waals surface area contributed by atoms with E-state index in [2.05, 4.69) is 20.7 Å². The zero-order valence-electron chi connectivity index (χ0n) is 31.6. The summed E-state index contributed by atoms with van der Waals surface area (Å²) in [6, 6.07) is 8.98. The molecular weight excluding hydrogens is 789 g/mol. The highest BCUT2D eigenvalue weighted by Gasteiger charge is 2.47. The Morgan fingerprint density at radius 2 is 1.75 bits per heavy atom. The number of carbonyl (C=O) groups excluding carboxylic acids is 3. The molecule has 3 fully saturated rings. The van der Waals surface area contributed by atoms with E-state index in [1.165, 1.54) is 22.2 Å². The number of imide groups is 1. The number of rotatable bonds is 8. The van der Waals surface area contributed by atoms with Gasteiger partial charge in [-0.1, -0.05) is 18.2 Å². The average Bonchev–Trinajstić information content (AvgIpc) is 3.71. The molecule has 3 aliphatic rings. The molecule has 2 aromatic carbocycles. The fraction of sp³-hybridized carbons (Fsp3) is 0.450. The van der Waals surface area contributed by atoms with E-state index >= 15 is 8.78 Å². The summed E-state index contributed by atoms with van der Waals surface area (Å²) < 4.78 is 104. The van der Waals surface area contributed by atoms with Crippen LogP contribution in [-0.2, 0) is 22.8 Å². The molecule has 19 heteroatoms. The predicted molar refractivity (Wildman–Crippen MR) is 200 cm³/mol. The number of alkyl halides is 7. The fourth-order valence-corrected chi connectivity index (χ4v) is 8.97. The average molecular weight is 829 g/mol. The number of aromatic nitrogens is 5. The molecule has 1 aliphatic carbocycles. The zero-order chi connectivity index (χ0) is 42.0. The smallest absolute Gasteiger partial charge is 0.320 e. The number of para-hydroxylation sites is 1. The van der Waals surface area contributed by atoms with E-state index < -0.39 is 77.4 Å². The van der Waals surface area contributed by atoms with Gasteiger partial charge in [0, 0.05) is 37.2 Å². The number of halogens is 7. The lowest BCUT2D eigenvalue weighted by molar-refractivity contribution is -0.141. The van der Waals surface area contributed by atoms with E-state index in [0.717, 1.165) is 18.2 Å². The van der Waals surface area contributed by atoms with E-state index in [-0.39, 0.29) is 42.4 Å². The number of benzene rings is 2. The van der Waals surface area contributed by atoms with Crippen LogP contribution in [0.15, 0.2) is 59.5 Å². The number of likely N-dealkylation sites (tertiary alicyclic amines) is 1. The van der Waals surface area contributed by atoms with Gasteiger partial charge in [0.25, 0.3) is 18.3 Å². The molecule has 12 nitrogen and oxygen atoms in total. The van der Waals surface area contributed by atoms with Crippen LogP contribution in [0.2, 0.25) is 0 Å². The number of amides is 3. The van der Waals surface area contributed by atoms with Gasteiger partial charge in [-0.2, -0.15) is 18.3 Å². The van der Waals surface area contributed by atoms with Crippen LogP contribution in [0, 0.1) is 5.92 Å². The number of aryl methyl sites for hydroxylation is 1. The van der Waals surface area contributed by atoms with Crippen molar-refractivity contribution in [2.45, 2.75) is 81.5 Å². The molecule has 2 N–H and O–H groups in total. The maximum Gasteiger partial charge on any atom is 0.433 e. The summed E-state index contributed by atoms with van der Waals surface area (Å²) in [5.74, 6) is -6.31. The third-order valence-electron chi connectivity index (χ3n) is 11.9. The van der Waals surface area contributed by atoms with Gasteiger partial charge in [-0.15, -0.1) is 0 Å². The first-order valence-electron chi connectivity index (χ1n) is 19.3. The van der Waals surface area contributed by atoms with E-state index in [9.17, 15) is 41.1 Å². The number of piperidine rings is 2. The first-order chi connectivity index (χ1) is 28.0. The Hall–Kier alpha value is -5.59. The molecule has 0 spiro atoms. The lowest BCUT2D eigenvalue weighted by atomic mass is 9.83. The Bertz CT molecular complexity index is 2520. The molecule has 2 saturated heterocycles.